The maximum atomic E-state index is 11.4. The summed E-state index contributed by atoms with van der Waals surface area (Å²) in [4.78, 5) is 11.4. The van der Waals surface area contributed by atoms with Crippen molar-refractivity contribution < 1.29 is 14.6 Å². The van der Waals surface area contributed by atoms with E-state index in [0.29, 0.717) is 26.0 Å². The van der Waals surface area contributed by atoms with Crippen molar-refractivity contribution in [3.05, 3.63) is 35.9 Å². The lowest BCUT2D eigenvalue weighted by molar-refractivity contribution is -0.121. The van der Waals surface area contributed by atoms with Gasteiger partial charge in [0, 0.05) is 26.7 Å². The van der Waals surface area contributed by atoms with Crippen LogP contribution in [0.4, 0.5) is 0 Å². The molecule has 100 valence electrons. The van der Waals surface area contributed by atoms with Gasteiger partial charge in [-0.3, -0.25) is 4.79 Å². The zero-order valence-electron chi connectivity index (χ0n) is 10.8. The predicted molar refractivity (Wildman–Crippen MR) is 70.1 cm³/mol. The fourth-order valence-corrected chi connectivity index (χ4v) is 1.66. The van der Waals surface area contributed by atoms with Crippen molar-refractivity contribution in [2.45, 2.75) is 25.4 Å². The van der Waals surface area contributed by atoms with Crippen molar-refractivity contribution in [1.29, 1.82) is 0 Å². The third-order valence-electron chi connectivity index (χ3n) is 2.68. The Morgan fingerprint density at radius 2 is 2.11 bits per heavy atom. The molecule has 0 radical (unpaired) electrons. The van der Waals surface area contributed by atoms with Gasteiger partial charge < -0.3 is 15.2 Å². The van der Waals surface area contributed by atoms with E-state index in [1.807, 2.05) is 30.3 Å². The standard InChI is InChI=1S/C14H21NO3/c1-18-11-5-8-14(17)15-10-9-13(16)12-6-3-2-4-7-12/h2-4,6-7,13,16H,5,8-11H2,1H3,(H,15,17). The van der Waals surface area contributed by atoms with E-state index in [-0.39, 0.29) is 5.91 Å². The first-order valence-corrected chi connectivity index (χ1v) is 6.22. The number of aliphatic hydroxyl groups excluding tert-OH is 1. The van der Waals surface area contributed by atoms with Gasteiger partial charge in [-0.15, -0.1) is 0 Å². The maximum Gasteiger partial charge on any atom is 0.220 e. The van der Waals surface area contributed by atoms with Crippen LogP contribution in [0.5, 0.6) is 0 Å². The van der Waals surface area contributed by atoms with Gasteiger partial charge in [-0.25, -0.2) is 0 Å². The molecule has 0 spiro atoms. The molecule has 4 nitrogen and oxygen atoms in total. The Labute approximate surface area is 108 Å². The summed E-state index contributed by atoms with van der Waals surface area (Å²) in [6, 6.07) is 9.45. The lowest BCUT2D eigenvalue weighted by Gasteiger charge is -2.11. The van der Waals surface area contributed by atoms with Crippen LogP contribution >= 0.6 is 0 Å². The van der Waals surface area contributed by atoms with Crippen LogP contribution in [0, 0.1) is 0 Å². The van der Waals surface area contributed by atoms with Crippen LogP contribution < -0.4 is 5.32 Å². The molecule has 0 saturated heterocycles. The molecule has 0 aliphatic rings. The summed E-state index contributed by atoms with van der Waals surface area (Å²) in [7, 11) is 1.62. The van der Waals surface area contributed by atoms with E-state index >= 15 is 0 Å². The highest BCUT2D eigenvalue weighted by Crippen LogP contribution is 2.14. The minimum absolute atomic E-state index is 0.00677. The molecule has 0 aromatic heterocycles. The largest absolute Gasteiger partial charge is 0.388 e. The first-order valence-electron chi connectivity index (χ1n) is 6.22. The molecule has 0 saturated carbocycles. The fourth-order valence-electron chi connectivity index (χ4n) is 1.66. The minimum Gasteiger partial charge on any atom is -0.388 e. The zero-order valence-corrected chi connectivity index (χ0v) is 10.8. The first-order chi connectivity index (χ1) is 8.74. The molecule has 4 heteroatoms. The Morgan fingerprint density at radius 3 is 2.78 bits per heavy atom. The second-order valence-electron chi connectivity index (χ2n) is 4.16. The van der Waals surface area contributed by atoms with Gasteiger partial charge in [-0.1, -0.05) is 30.3 Å². The molecule has 2 N–H and O–H groups in total. The number of carbonyl (C=O) groups excluding carboxylic acids is 1. The van der Waals surface area contributed by atoms with Crippen LogP contribution in [-0.2, 0) is 9.53 Å². The molecule has 1 rings (SSSR count). The number of carbonyl (C=O) groups is 1. The summed E-state index contributed by atoms with van der Waals surface area (Å²) in [6.07, 6.45) is 1.20. The lowest BCUT2D eigenvalue weighted by Crippen LogP contribution is -2.25. The number of nitrogens with one attached hydrogen (secondary N) is 1. The van der Waals surface area contributed by atoms with Crippen molar-refractivity contribution in [2.24, 2.45) is 0 Å². The van der Waals surface area contributed by atoms with Crippen LogP contribution in [-0.4, -0.2) is 31.3 Å². The van der Waals surface area contributed by atoms with Crippen LogP contribution in [0.15, 0.2) is 30.3 Å². The van der Waals surface area contributed by atoms with Gasteiger partial charge >= 0.3 is 0 Å². The summed E-state index contributed by atoms with van der Waals surface area (Å²) in [5, 5.41) is 12.7. The molecule has 1 aromatic rings. The molecule has 0 aliphatic heterocycles. The quantitative estimate of drug-likeness (QED) is 0.691. The second kappa shape index (κ2) is 8.66. The second-order valence-corrected chi connectivity index (χ2v) is 4.16. The molecular formula is C14H21NO3. The number of aliphatic hydroxyl groups is 1. The number of amides is 1. The molecule has 0 fully saturated rings. The Morgan fingerprint density at radius 1 is 1.39 bits per heavy atom. The van der Waals surface area contributed by atoms with Crippen molar-refractivity contribution in [3.8, 4) is 0 Å². The topological polar surface area (TPSA) is 58.6 Å². The van der Waals surface area contributed by atoms with Crippen molar-refractivity contribution in [3.63, 3.8) is 0 Å². The molecule has 1 aromatic carbocycles. The van der Waals surface area contributed by atoms with Gasteiger partial charge in [0.25, 0.3) is 0 Å². The van der Waals surface area contributed by atoms with E-state index in [1.54, 1.807) is 7.11 Å². The lowest BCUT2D eigenvalue weighted by atomic mass is 10.1. The van der Waals surface area contributed by atoms with E-state index < -0.39 is 6.10 Å². The van der Waals surface area contributed by atoms with Crippen molar-refractivity contribution >= 4 is 5.91 Å². The number of benzene rings is 1. The van der Waals surface area contributed by atoms with Crippen LogP contribution in [0.25, 0.3) is 0 Å². The summed E-state index contributed by atoms with van der Waals surface area (Å²) in [5.74, 6) is 0.00677. The van der Waals surface area contributed by atoms with Gasteiger partial charge in [-0.05, 0) is 18.4 Å². The molecule has 1 unspecified atom stereocenters. The van der Waals surface area contributed by atoms with Gasteiger partial charge in [0.05, 0.1) is 6.10 Å². The highest BCUT2D eigenvalue weighted by molar-refractivity contribution is 5.75. The summed E-state index contributed by atoms with van der Waals surface area (Å²) < 4.78 is 4.87. The number of rotatable bonds is 8. The summed E-state index contributed by atoms with van der Waals surface area (Å²) in [6.45, 7) is 1.09. The van der Waals surface area contributed by atoms with Gasteiger partial charge in [0.1, 0.15) is 0 Å². The smallest absolute Gasteiger partial charge is 0.220 e. The maximum absolute atomic E-state index is 11.4. The molecule has 0 aliphatic carbocycles. The zero-order chi connectivity index (χ0) is 13.2. The number of methoxy groups -OCH3 is 1. The molecule has 0 bridgehead atoms. The number of ether oxygens (including phenoxy) is 1. The molecule has 18 heavy (non-hydrogen) atoms. The Bertz CT molecular complexity index is 340. The monoisotopic (exact) mass is 251 g/mol. The SMILES string of the molecule is COCCCC(=O)NCCC(O)c1ccccc1. The summed E-state index contributed by atoms with van der Waals surface area (Å²) in [5.41, 5.74) is 0.881. The third kappa shape index (κ3) is 5.80. The van der Waals surface area contributed by atoms with Crippen molar-refractivity contribution in [2.75, 3.05) is 20.3 Å². The predicted octanol–water partition coefficient (Wildman–Crippen LogP) is 1.65. The van der Waals surface area contributed by atoms with E-state index in [0.717, 1.165) is 12.0 Å². The van der Waals surface area contributed by atoms with E-state index in [2.05, 4.69) is 5.32 Å². The minimum atomic E-state index is -0.523. The molecule has 1 atom stereocenters. The Kier molecular flexibility index (Phi) is 7.06. The number of hydrogen-bond donors (Lipinski definition) is 2. The van der Waals surface area contributed by atoms with Gasteiger partial charge in [0.15, 0.2) is 0 Å². The van der Waals surface area contributed by atoms with Crippen LogP contribution in [0.3, 0.4) is 0 Å². The average Bonchev–Trinajstić information content (AvgIpc) is 2.40. The Balaban J connectivity index is 2.16. The number of hydrogen-bond acceptors (Lipinski definition) is 3. The van der Waals surface area contributed by atoms with Gasteiger partial charge in [0.2, 0.25) is 5.91 Å². The Hall–Kier alpha value is -1.39. The molecule has 1 amide bonds. The first kappa shape index (κ1) is 14.7. The van der Waals surface area contributed by atoms with Crippen LogP contribution in [0.2, 0.25) is 0 Å². The summed E-state index contributed by atoms with van der Waals surface area (Å²) >= 11 is 0. The molecule has 0 heterocycles. The highest BCUT2D eigenvalue weighted by atomic mass is 16.5. The molecular weight excluding hydrogens is 230 g/mol. The van der Waals surface area contributed by atoms with Gasteiger partial charge in [-0.2, -0.15) is 0 Å². The van der Waals surface area contributed by atoms with E-state index in [9.17, 15) is 9.90 Å². The fraction of sp³-hybridized carbons (Fsp3) is 0.500. The van der Waals surface area contributed by atoms with Crippen LogP contribution in [0.1, 0.15) is 30.9 Å². The normalized spacial score (nSPS) is 12.1. The van der Waals surface area contributed by atoms with Crippen molar-refractivity contribution in [1.82, 2.24) is 5.32 Å². The van der Waals surface area contributed by atoms with E-state index in [4.69, 9.17) is 4.74 Å². The van der Waals surface area contributed by atoms with E-state index in [1.165, 1.54) is 0 Å². The highest BCUT2D eigenvalue weighted by Gasteiger charge is 2.07. The average molecular weight is 251 g/mol. The third-order valence-corrected chi connectivity index (χ3v) is 2.68.